The van der Waals surface area contributed by atoms with Gasteiger partial charge in [-0.15, -0.1) is 0 Å². The van der Waals surface area contributed by atoms with Crippen molar-refractivity contribution < 1.29 is 9.18 Å². The zero-order valence-electron chi connectivity index (χ0n) is 10.6. The van der Waals surface area contributed by atoms with Crippen LogP contribution in [-0.2, 0) is 7.05 Å². The van der Waals surface area contributed by atoms with E-state index < -0.39 is 17.8 Å². The Bertz CT molecular complexity index is 690. The minimum Gasteiger partial charge on any atom is -0.345 e. The van der Waals surface area contributed by atoms with Crippen LogP contribution >= 0.6 is 15.9 Å². The molecule has 0 radical (unpaired) electrons. The van der Waals surface area contributed by atoms with Crippen LogP contribution < -0.4 is 5.32 Å². The van der Waals surface area contributed by atoms with Crippen LogP contribution in [0, 0.1) is 17.1 Å². The van der Waals surface area contributed by atoms with Crippen LogP contribution in [0.4, 0.5) is 4.39 Å². The summed E-state index contributed by atoms with van der Waals surface area (Å²) in [7, 11) is 1.71. The number of aromatic nitrogens is 1. The number of halogens is 2. The van der Waals surface area contributed by atoms with Crippen molar-refractivity contribution in [2.75, 3.05) is 0 Å². The van der Waals surface area contributed by atoms with E-state index in [0.29, 0.717) is 5.69 Å². The summed E-state index contributed by atoms with van der Waals surface area (Å²) in [5.41, 5.74) is 0.532. The first-order valence-corrected chi connectivity index (χ1v) is 6.59. The molecule has 4 nitrogen and oxygen atoms in total. The topological polar surface area (TPSA) is 57.8 Å². The van der Waals surface area contributed by atoms with E-state index in [-0.39, 0.29) is 5.56 Å². The number of carbonyl (C=O) groups excluding carboxylic acids is 1. The first kappa shape index (κ1) is 14.3. The van der Waals surface area contributed by atoms with Crippen molar-refractivity contribution in [3.05, 3.63) is 58.1 Å². The Morgan fingerprint density at radius 2 is 2.20 bits per heavy atom. The molecule has 20 heavy (non-hydrogen) atoms. The maximum absolute atomic E-state index is 13.6. The number of nitrogens with one attached hydrogen (secondary N) is 1. The van der Waals surface area contributed by atoms with E-state index in [9.17, 15) is 9.18 Å². The second-order valence-corrected chi connectivity index (χ2v) is 5.13. The lowest BCUT2D eigenvalue weighted by molar-refractivity contribution is 0.0936. The fraction of sp³-hybridized carbons (Fsp3) is 0.143. The molecule has 0 unspecified atom stereocenters. The Morgan fingerprint density at radius 3 is 2.75 bits per heavy atom. The Hall–Kier alpha value is -2.13. The average Bonchev–Trinajstić information content (AvgIpc) is 2.76. The van der Waals surface area contributed by atoms with Gasteiger partial charge in [-0.2, -0.15) is 5.26 Å². The molecule has 102 valence electrons. The van der Waals surface area contributed by atoms with E-state index in [0.717, 1.165) is 4.47 Å². The van der Waals surface area contributed by atoms with Crippen molar-refractivity contribution >= 4 is 21.8 Å². The molecule has 2 aromatic rings. The molecule has 6 heteroatoms. The number of nitrogens with zero attached hydrogens (tertiary/aromatic N) is 2. The average molecular weight is 336 g/mol. The monoisotopic (exact) mass is 335 g/mol. The molecule has 1 atom stereocenters. The SMILES string of the molecule is Cn1cc(Br)cc1C(=O)N[C@@H](C#N)c1ccccc1F. The molecule has 0 saturated heterocycles. The summed E-state index contributed by atoms with van der Waals surface area (Å²) in [6, 6.07) is 8.37. The number of nitriles is 1. The van der Waals surface area contributed by atoms with E-state index in [1.165, 1.54) is 18.2 Å². The van der Waals surface area contributed by atoms with E-state index in [1.54, 1.807) is 29.9 Å². The van der Waals surface area contributed by atoms with Gasteiger partial charge in [0, 0.05) is 23.3 Å². The van der Waals surface area contributed by atoms with Gasteiger partial charge in [-0.25, -0.2) is 4.39 Å². The molecule has 1 aromatic heterocycles. The third-order valence-corrected chi connectivity index (χ3v) is 3.26. The standard InChI is InChI=1S/C14H11BrFN3O/c1-19-8-9(15)6-13(19)14(20)18-12(7-17)10-4-2-3-5-11(10)16/h2-6,8,12H,1H3,(H,18,20)/t12-/m0/s1. The van der Waals surface area contributed by atoms with E-state index in [2.05, 4.69) is 21.2 Å². The lowest BCUT2D eigenvalue weighted by atomic mass is 10.1. The van der Waals surface area contributed by atoms with Crippen molar-refractivity contribution in [3.8, 4) is 6.07 Å². The Morgan fingerprint density at radius 1 is 1.50 bits per heavy atom. The molecule has 0 aliphatic rings. The summed E-state index contributed by atoms with van der Waals surface area (Å²) in [5, 5.41) is 11.6. The predicted octanol–water partition coefficient (Wildman–Crippen LogP) is 2.92. The van der Waals surface area contributed by atoms with Crippen LogP contribution in [0.1, 0.15) is 22.1 Å². The summed E-state index contributed by atoms with van der Waals surface area (Å²) >= 11 is 3.27. The highest BCUT2D eigenvalue weighted by Crippen LogP contribution is 2.18. The van der Waals surface area contributed by atoms with Crippen molar-refractivity contribution in [2.45, 2.75) is 6.04 Å². The van der Waals surface area contributed by atoms with Crippen LogP contribution in [0.15, 0.2) is 41.0 Å². The Labute approximate surface area is 124 Å². The zero-order valence-corrected chi connectivity index (χ0v) is 12.2. The molecule has 0 aliphatic heterocycles. The molecule has 0 saturated carbocycles. The quantitative estimate of drug-likeness (QED) is 0.937. The van der Waals surface area contributed by atoms with Crippen LogP contribution in [0.2, 0.25) is 0 Å². The van der Waals surface area contributed by atoms with E-state index in [1.807, 2.05) is 6.07 Å². The number of rotatable bonds is 3. The van der Waals surface area contributed by atoms with Crippen LogP contribution in [0.3, 0.4) is 0 Å². The van der Waals surface area contributed by atoms with Crippen molar-refractivity contribution in [1.29, 1.82) is 5.26 Å². The maximum atomic E-state index is 13.6. The summed E-state index contributed by atoms with van der Waals surface area (Å²) in [4.78, 5) is 12.1. The van der Waals surface area contributed by atoms with Gasteiger partial charge in [-0.05, 0) is 28.1 Å². The van der Waals surface area contributed by atoms with Gasteiger partial charge >= 0.3 is 0 Å². The van der Waals surface area contributed by atoms with Gasteiger partial charge in [-0.1, -0.05) is 18.2 Å². The second kappa shape index (κ2) is 5.88. The first-order chi connectivity index (χ1) is 9.52. The van der Waals surface area contributed by atoms with Gasteiger partial charge in [0.1, 0.15) is 17.6 Å². The minimum atomic E-state index is -1.03. The Balaban J connectivity index is 2.24. The summed E-state index contributed by atoms with van der Waals surface area (Å²) in [6.45, 7) is 0. The predicted molar refractivity (Wildman–Crippen MR) is 75.3 cm³/mol. The van der Waals surface area contributed by atoms with Gasteiger partial charge in [0.25, 0.3) is 5.91 Å². The number of amides is 1. The molecule has 1 aromatic carbocycles. The number of benzene rings is 1. The molecule has 1 N–H and O–H groups in total. The molecule has 0 spiro atoms. The molecule has 0 bridgehead atoms. The smallest absolute Gasteiger partial charge is 0.269 e. The van der Waals surface area contributed by atoms with E-state index in [4.69, 9.17) is 5.26 Å². The number of hydrogen-bond acceptors (Lipinski definition) is 2. The minimum absolute atomic E-state index is 0.150. The summed E-state index contributed by atoms with van der Waals surface area (Å²) in [6.07, 6.45) is 1.72. The summed E-state index contributed by atoms with van der Waals surface area (Å²) < 4.78 is 16.0. The fourth-order valence-electron chi connectivity index (χ4n) is 1.84. The van der Waals surface area contributed by atoms with Gasteiger partial charge in [0.05, 0.1) is 6.07 Å². The lowest BCUT2D eigenvalue weighted by Crippen LogP contribution is -2.29. The highest BCUT2D eigenvalue weighted by atomic mass is 79.9. The third-order valence-electron chi connectivity index (χ3n) is 2.82. The van der Waals surface area contributed by atoms with Crippen LogP contribution in [-0.4, -0.2) is 10.5 Å². The largest absolute Gasteiger partial charge is 0.345 e. The zero-order chi connectivity index (χ0) is 14.7. The van der Waals surface area contributed by atoms with Crippen LogP contribution in [0.25, 0.3) is 0 Å². The molecule has 1 heterocycles. The van der Waals surface area contributed by atoms with Gasteiger partial charge in [0.15, 0.2) is 0 Å². The molecule has 1 amide bonds. The fourth-order valence-corrected chi connectivity index (χ4v) is 2.37. The maximum Gasteiger partial charge on any atom is 0.269 e. The van der Waals surface area contributed by atoms with Crippen molar-refractivity contribution in [1.82, 2.24) is 9.88 Å². The van der Waals surface area contributed by atoms with Crippen LogP contribution in [0.5, 0.6) is 0 Å². The first-order valence-electron chi connectivity index (χ1n) is 5.79. The Kier molecular flexibility index (Phi) is 4.20. The van der Waals surface area contributed by atoms with E-state index >= 15 is 0 Å². The third kappa shape index (κ3) is 2.89. The van der Waals surface area contributed by atoms with Gasteiger partial charge in [-0.3, -0.25) is 4.79 Å². The number of aryl methyl sites for hydroxylation is 1. The molecule has 0 fully saturated rings. The molecule has 0 aliphatic carbocycles. The molecular weight excluding hydrogens is 325 g/mol. The number of carbonyl (C=O) groups is 1. The highest BCUT2D eigenvalue weighted by molar-refractivity contribution is 9.10. The lowest BCUT2D eigenvalue weighted by Gasteiger charge is -2.13. The highest BCUT2D eigenvalue weighted by Gasteiger charge is 2.19. The summed E-state index contributed by atoms with van der Waals surface area (Å²) in [5.74, 6) is -0.958. The number of hydrogen-bond donors (Lipinski definition) is 1. The molecular formula is C14H11BrFN3O. The van der Waals surface area contributed by atoms with Crippen molar-refractivity contribution in [3.63, 3.8) is 0 Å². The molecule has 2 rings (SSSR count). The van der Waals surface area contributed by atoms with Gasteiger partial charge < -0.3 is 9.88 Å². The van der Waals surface area contributed by atoms with Gasteiger partial charge in [0.2, 0.25) is 0 Å². The second-order valence-electron chi connectivity index (χ2n) is 4.21. The normalized spacial score (nSPS) is 11.7. The van der Waals surface area contributed by atoms with Crippen molar-refractivity contribution in [2.24, 2.45) is 7.05 Å².